The number of rotatable bonds is 7. The van der Waals surface area contributed by atoms with Crippen LogP contribution in [-0.4, -0.2) is 39.7 Å². The fourth-order valence-corrected chi connectivity index (χ4v) is 4.23. The molecular formula is C21H21N5O3S. The number of ether oxygens (including phenoxy) is 1. The highest BCUT2D eigenvalue weighted by Gasteiger charge is 2.20. The van der Waals surface area contributed by atoms with Gasteiger partial charge in [0.15, 0.2) is 0 Å². The lowest BCUT2D eigenvalue weighted by Gasteiger charge is -2.20. The molecule has 0 saturated carbocycles. The van der Waals surface area contributed by atoms with Crippen molar-refractivity contribution in [2.24, 2.45) is 0 Å². The first-order chi connectivity index (χ1) is 14.5. The fraction of sp³-hybridized carbons (Fsp3) is 0.238. The summed E-state index contributed by atoms with van der Waals surface area (Å²) in [6.07, 6.45) is 1.86. The third kappa shape index (κ3) is 3.59. The van der Waals surface area contributed by atoms with Crippen LogP contribution in [0.3, 0.4) is 0 Å². The number of nitro groups is 1. The second kappa shape index (κ2) is 8.11. The summed E-state index contributed by atoms with van der Waals surface area (Å²) in [5, 5.41) is 16.9. The van der Waals surface area contributed by atoms with Crippen LogP contribution in [0.2, 0.25) is 0 Å². The topological polar surface area (TPSA) is 85.8 Å². The number of hydrogen-bond acceptors (Lipinski definition) is 7. The zero-order chi connectivity index (χ0) is 21.3. The molecule has 0 aliphatic carbocycles. The van der Waals surface area contributed by atoms with E-state index in [2.05, 4.69) is 10.1 Å². The molecular weight excluding hydrogens is 402 g/mol. The van der Waals surface area contributed by atoms with Gasteiger partial charge in [0, 0.05) is 30.3 Å². The number of imidazole rings is 1. The van der Waals surface area contributed by atoms with E-state index in [1.165, 1.54) is 11.3 Å². The van der Waals surface area contributed by atoms with Gasteiger partial charge in [0.2, 0.25) is 4.96 Å². The van der Waals surface area contributed by atoms with Gasteiger partial charge in [-0.1, -0.05) is 11.3 Å². The maximum absolute atomic E-state index is 11.6. The van der Waals surface area contributed by atoms with Crippen LogP contribution in [0.25, 0.3) is 26.8 Å². The maximum Gasteiger partial charge on any atom is 0.293 e. The van der Waals surface area contributed by atoms with Gasteiger partial charge >= 0.3 is 0 Å². The molecule has 0 radical (unpaired) electrons. The number of nitrogens with zero attached hydrogens (tertiary/aromatic N) is 5. The zero-order valence-corrected chi connectivity index (χ0v) is 17.7. The van der Waals surface area contributed by atoms with Gasteiger partial charge in [-0.15, -0.1) is 0 Å². The Labute approximate surface area is 177 Å². The summed E-state index contributed by atoms with van der Waals surface area (Å²) in [7, 11) is 1.63. The van der Waals surface area contributed by atoms with E-state index in [0.29, 0.717) is 29.3 Å². The monoisotopic (exact) mass is 423 g/mol. The van der Waals surface area contributed by atoms with E-state index in [4.69, 9.17) is 4.74 Å². The van der Waals surface area contributed by atoms with Crippen LogP contribution in [0.1, 0.15) is 13.8 Å². The molecule has 0 spiro atoms. The maximum atomic E-state index is 11.6. The molecule has 30 heavy (non-hydrogen) atoms. The van der Waals surface area contributed by atoms with Gasteiger partial charge in [0.1, 0.15) is 16.4 Å². The Bertz CT molecular complexity index is 1160. The average Bonchev–Trinajstić information content (AvgIpc) is 3.34. The number of fused-ring (bicyclic) bond motifs is 1. The van der Waals surface area contributed by atoms with E-state index in [1.807, 2.05) is 55.3 Å². The largest absolute Gasteiger partial charge is 0.497 e. The molecule has 0 saturated heterocycles. The van der Waals surface area contributed by atoms with Crippen LogP contribution in [0.4, 0.5) is 11.4 Å². The van der Waals surface area contributed by atoms with Crippen molar-refractivity contribution in [2.75, 3.05) is 25.1 Å². The first-order valence-electron chi connectivity index (χ1n) is 9.58. The molecule has 0 N–H and O–H groups in total. The summed E-state index contributed by atoms with van der Waals surface area (Å²) in [5.41, 5.74) is 3.19. The molecule has 0 aliphatic rings. The van der Waals surface area contributed by atoms with E-state index in [-0.39, 0.29) is 10.6 Å². The van der Waals surface area contributed by atoms with Crippen molar-refractivity contribution in [3.05, 3.63) is 58.8 Å². The predicted octanol–water partition coefficient (Wildman–Crippen LogP) is 4.89. The second-order valence-electron chi connectivity index (χ2n) is 6.62. The van der Waals surface area contributed by atoms with Crippen LogP contribution in [0, 0.1) is 10.1 Å². The number of benzene rings is 2. The van der Waals surface area contributed by atoms with E-state index >= 15 is 0 Å². The van der Waals surface area contributed by atoms with Crippen molar-refractivity contribution in [1.82, 2.24) is 14.6 Å². The van der Waals surface area contributed by atoms with Gasteiger partial charge in [-0.2, -0.15) is 5.10 Å². The Hall–Kier alpha value is -3.46. The number of nitro benzene ring substituents is 1. The van der Waals surface area contributed by atoms with Crippen molar-refractivity contribution >= 4 is 27.7 Å². The highest BCUT2D eigenvalue weighted by atomic mass is 32.1. The third-order valence-electron chi connectivity index (χ3n) is 4.95. The van der Waals surface area contributed by atoms with Gasteiger partial charge in [0.05, 0.1) is 23.9 Å². The minimum absolute atomic E-state index is 0.0861. The molecule has 2 aromatic heterocycles. The van der Waals surface area contributed by atoms with E-state index in [9.17, 15) is 10.1 Å². The smallest absolute Gasteiger partial charge is 0.293 e. The Morgan fingerprint density at radius 2 is 1.83 bits per heavy atom. The average molecular weight is 423 g/mol. The molecule has 2 heterocycles. The van der Waals surface area contributed by atoms with Crippen molar-refractivity contribution in [3.8, 4) is 27.6 Å². The molecule has 0 bridgehead atoms. The van der Waals surface area contributed by atoms with Crippen molar-refractivity contribution in [2.45, 2.75) is 13.8 Å². The summed E-state index contributed by atoms with van der Waals surface area (Å²) in [5.74, 6) is 0.787. The van der Waals surface area contributed by atoms with Gasteiger partial charge in [-0.25, -0.2) is 9.50 Å². The minimum Gasteiger partial charge on any atom is -0.497 e. The van der Waals surface area contributed by atoms with Gasteiger partial charge in [0.25, 0.3) is 5.69 Å². The lowest BCUT2D eigenvalue weighted by molar-refractivity contribution is -0.384. The van der Waals surface area contributed by atoms with Crippen LogP contribution >= 0.6 is 11.3 Å². The van der Waals surface area contributed by atoms with Gasteiger partial charge in [-0.05, 0) is 50.2 Å². The number of anilines is 1. The Morgan fingerprint density at radius 1 is 1.13 bits per heavy atom. The van der Waals surface area contributed by atoms with Crippen LogP contribution in [0.5, 0.6) is 5.75 Å². The predicted molar refractivity (Wildman–Crippen MR) is 119 cm³/mol. The number of methoxy groups -OCH3 is 1. The molecule has 0 unspecified atom stereocenters. The molecule has 4 aromatic rings. The fourth-order valence-electron chi connectivity index (χ4n) is 3.35. The molecule has 0 amide bonds. The Kier molecular flexibility index (Phi) is 5.37. The van der Waals surface area contributed by atoms with Gasteiger partial charge in [-0.3, -0.25) is 10.1 Å². The lowest BCUT2D eigenvalue weighted by atomic mass is 10.1. The normalized spacial score (nSPS) is 11.0. The number of aromatic nitrogens is 3. The SMILES string of the molecule is CCN(CC)c1ccc(-c2nn3cc(-c4ccc(OC)cc4)nc3s2)cc1[N+](=O)[O-]. The lowest BCUT2D eigenvalue weighted by Crippen LogP contribution is -2.22. The van der Waals surface area contributed by atoms with Crippen LogP contribution < -0.4 is 9.64 Å². The first-order valence-corrected chi connectivity index (χ1v) is 10.4. The number of hydrogen-bond donors (Lipinski definition) is 0. The first kappa shape index (κ1) is 19.8. The molecule has 0 atom stereocenters. The summed E-state index contributed by atoms with van der Waals surface area (Å²) in [4.78, 5) is 18.7. The quantitative estimate of drug-likeness (QED) is 0.311. The minimum atomic E-state index is -0.336. The summed E-state index contributed by atoms with van der Waals surface area (Å²) >= 11 is 1.40. The van der Waals surface area contributed by atoms with E-state index in [1.54, 1.807) is 23.8 Å². The molecule has 0 fully saturated rings. The highest BCUT2D eigenvalue weighted by molar-refractivity contribution is 7.19. The summed E-state index contributed by atoms with van der Waals surface area (Å²) in [6.45, 7) is 5.38. The molecule has 4 rings (SSSR count). The van der Waals surface area contributed by atoms with Crippen molar-refractivity contribution < 1.29 is 9.66 Å². The van der Waals surface area contributed by atoms with E-state index in [0.717, 1.165) is 22.0 Å². The van der Waals surface area contributed by atoms with Crippen molar-refractivity contribution in [1.29, 1.82) is 0 Å². The molecule has 154 valence electrons. The Balaban J connectivity index is 1.68. The van der Waals surface area contributed by atoms with Crippen LogP contribution in [0.15, 0.2) is 48.7 Å². The molecule has 9 heteroatoms. The van der Waals surface area contributed by atoms with E-state index < -0.39 is 0 Å². The summed E-state index contributed by atoms with van der Waals surface area (Å²) < 4.78 is 6.90. The van der Waals surface area contributed by atoms with Crippen molar-refractivity contribution in [3.63, 3.8) is 0 Å². The molecule has 0 aliphatic heterocycles. The van der Waals surface area contributed by atoms with Crippen LogP contribution in [-0.2, 0) is 0 Å². The zero-order valence-electron chi connectivity index (χ0n) is 16.9. The highest BCUT2D eigenvalue weighted by Crippen LogP contribution is 2.35. The molecule has 8 nitrogen and oxygen atoms in total. The standard InChI is InChI=1S/C21H21N5O3S/c1-4-24(5-2)18-11-8-15(12-19(18)26(27)28)20-23-25-13-17(22-21(25)30-20)14-6-9-16(29-3)10-7-14/h6-13H,4-5H2,1-3H3. The molecule has 2 aromatic carbocycles. The Morgan fingerprint density at radius 3 is 2.43 bits per heavy atom. The second-order valence-corrected chi connectivity index (χ2v) is 7.58. The third-order valence-corrected chi connectivity index (χ3v) is 5.92. The van der Waals surface area contributed by atoms with Gasteiger partial charge < -0.3 is 9.64 Å². The summed E-state index contributed by atoms with van der Waals surface area (Å²) in [6, 6.07) is 12.9.